The number of likely N-dealkylation sites (N-methyl/N-ethyl adjacent to an activating group) is 1. The second-order valence-electron chi connectivity index (χ2n) is 5.77. The van der Waals surface area contributed by atoms with Gasteiger partial charge in [-0.3, -0.25) is 9.59 Å². The minimum atomic E-state index is -0.315. The molecule has 0 spiro atoms. The Morgan fingerprint density at radius 1 is 1.43 bits per heavy atom. The van der Waals surface area contributed by atoms with Crippen LogP contribution in [-0.4, -0.2) is 45.5 Å². The van der Waals surface area contributed by atoms with Crippen molar-refractivity contribution in [2.24, 2.45) is 0 Å². The number of benzene rings is 1. The third-order valence-corrected chi connectivity index (χ3v) is 4.87. The van der Waals surface area contributed by atoms with Crippen LogP contribution < -0.4 is 11.1 Å². The van der Waals surface area contributed by atoms with Crippen LogP contribution in [0.3, 0.4) is 0 Å². The number of carbonyl (C=O) groups excluding carboxylic acids is 2. The Balaban J connectivity index is 1.93. The molecule has 2 aromatic rings. The van der Waals surface area contributed by atoms with E-state index >= 15 is 0 Å². The highest BCUT2D eigenvalue weighted by Gasteiger charge is 2.17. The number of nitriles is 1. The Hall–Kier alpha value is -2.83. The van der Waals surface area contributed by atoms with E-state index in [4.69, 9.17) is 22.6 Å². The third kappa shape index (κ3) is 5.84. The number of nitrogens with two attached hydrogens (primary N) is 1. The van der Waals surface area contributed by atoms with Crippen LogP contribution in [-0.2, 0) is 9.59 Å². The van der Waals surface area contributed by atoms with E-state index in [0.717, 1.165) is 17.3 Å². The van der Waals surface area contributed by atoms with Gasteiger partial charge in [0.1, 0.15) is 17.5 Å². The molecule has 0 fully saturated rings. The fraction of sp³-hybridized carbons (Fsp3) is 0.278. The molecule has 28 heavy (non-hydrogen) atoms. The summed E-state index contributed by atoms with van der Waals surface area (Å²) in [6, 6.07) is 7.08. The Morgan fingerprint density at radius 2 is 2.18 bits per heavy atom. The Morgan fingerprint density at radius 3 is 2.82 bits per heavy atom. The lowest BCUT2D eigenvalue weighted by Gasteiger charge is -2.20. The van der Waals surface area contributed by atoms with Crippen LogP contribution in [0.4, 0.5) is 11.5 Å². The summed E-state index contributed by atoms with van der Waals surface area (Å²) in [5.74, 6) is -0.444. The van der Waals surface area contributed by atoms with Crippen molar-refractivity contribution in [2.75, 3.05) is 29.9 Å². The van der Waals surface area contributed by atoms with Crippen LogP contribution >= 0.6 is 23.4 Å². The summed E-state index contributed by atoms with van der Waals surface area (Å²) >= 11 is 7.05. The first-order chi connectivity index (χ1) is 13.3. The summed E-state index contributed by atoms with van der Waals surface area (Å²) in [7, 11) is 0. The van der Waals surface area contributed by atoms with Gasteiger partial charge in [-0.15, -0.1) is 0 Å². The number of aryl methyl sites for hydroxylation is 1. The zero-order chi connectivity index (χ0) is 20.7. The topological polar surface area (TPSA) is 125 Å². The van der Waals surface area contributed by atoms with Gasteiger partial charge in [0.2, 0.25) is 11.8 Å². The van der Waals surface area contributed by atoms with E-state index < -0.39 is 0 Å². The van der Waals surface area contributed by atoms with Crippen LogP contribution in [0.5, 0.6) is 0 Å². The van der Waals surface area contributed by atoms with Crippen molar-refractivity contribution in [3.8, 4) is 6.07 Å². The lowest BCUT2D eigenvalue weighted by molar-refractivity contribution is -0.132. The highest BCUT2D eigenvalue weighted by atomic mass is 35.5. The number of thioether (sulfide) groups is 1. The van der Waals surface area contributed by atoms with E-state index in [-0.39, 0.29) is 35.5 Å². The number of anilines is 2. The average Bonchev–Trinajstić information content (AvgIpc) is 2.67. The second-order valence-corrected chi connectivity index (χ2v) is 7.15. The second kappa shape index (κ2) is 9.92. The quantitative estimate of drug-likeness (QED) is 0.522. The van der Waals surface area contributed by atoms with Crippen molar-refractivity contribution >= 4 is 46.7 Å². The van der Waals surface area contributed by atoms with Gasteiger partial charge in [-0.1, -0.05) is 29.4 Å². The maximum atomic E-state index is 12.4. The van der Waals surface area contributed by atoms with Gasteiger partial charge in [-0.25, -0.2) is 9.97 Å². The molecule has 8 nitrogen and oxygen atoms in total. The minimum Gasteiger partial charge on any atom is -0.382 e. The molecular weight excluding hydrogens is 400 g/mol. The summed E-state index contributed by atoms with van der Waals surface area (Å²) in [4.78, 5) is 34.1. The van der Waals surface area contributed by atoms with Gasteiger partial charge in [0.05, 0.1) is 18.5 Å². The van der Waals surface area contributed by atoms with Crippen molar-refractivity contribution in [1.82, 2.24) is 14.9 Å². The smallest absolute Gasteiger partial charge is 0.244 e. The molecule has 3 N–H and O–H groups in total. The fourth-order valence-corrected chi connectivity index (χ4v) is 3.12. The summed E-state index contributed by atoms with van der Waals surface area (Å²) in [6.07, 6.45) is 1.31. The molecule has 0 saturated carbocycles. The number of nitrogen functional groups attached to an aromatic ring is 1. The molecule has 0 radical (unpaired) electrons. The standard InChI is InChI=1S/C18H19ClN6O2S/c1-3-25(9-15(26)23-14-6-13(19)5-4-11(14)2)16(27)10-28-18-22-8-12(7-20)17(21)24-18/h4-6,8H,3,9-10H2,1-2H3,(H,23,26)(H2,21,22,24). The third-order valence-electron chi connectivity index (χ3n) is 3.78. The molecule has 0 saturated heterocycles. The van der Waals surface area contributed by atoms with E-state index in [1.54, 1.807) is 25.1 Å². The number of nitrogens with zero attached hydrogens (tertiary/aromatic N) is 4. The molecule has 0 aliphatic rings. The average molecular weight is 419 g/mol. The fourth-order valence-electron chi connectivity index (χ4n) is 2.22. The first-order valence-corrected chi connectivity index (χ1v) is 9.69. The number of nitrogens with one attached hydrogen (secondary N) is 1. The highest BCUT2D eigenvalue weighted by Crippen LogP contribution is 2.20. The molecule has 0 atom stereocenters. The first-order valence-electron chi connectivity index (χ1n) is 8.33. The van der Waals surface area contributed by atoms with Crippen LogP contribution in [0.2, 0.25) is 5.02 Å². The Labute approximate surface area is 172 Å². The summed E-state index contributed by atoms with van der Waals surface area (Å²) < 4.78 is 0. The number of carbonyl (C=O) groups is 2. The van der Waals surface area contributed by atoms with E-state index in [1.165, 1.54) is 11.1 Å². The van der Waals surface area contributed by atoms with Crippen molar-refractivity contribution in [3.05, 3.63) is 40.5 Å². The molecule has 1 aromatic carbocycles. The maximum Gasteiger partial charge on any atom is 0.244 e. The lowest BCUT2D eigenvalue weighted by Crippen LogP contribution is -2.39. The number of halogens is 1. The predicted molar refractivity (Wildman–Crippen MR) is 109 cm³/mol. The molecule has 10 heteroatoms. The molecule has 146 valence electrons. The van der Waals surface area contributed by atoms with Gasteiger partial charge in [-0.05, 0) is 31.5 Å². The van der Waals surface area contributed by atoms with Crippen molar-refractivity contribution in [2.45, 2.75) is 19.0 Å². The van der Waals surface area contributed by atoms with Gasteiger partial charge in [0.25, 0.3) is 0 Å². The normalized spacial score (nSPS) is 10.2. The molecule has 2 amide bonds. The van der Waals surface area contributed by atoms with Crippen LogP contribution in [0, 0.1) is 18.3 Å². The molecule has 1 aromatic heterocycles. The van der Waals surface area contributed by atoms with Crippen LogP contribution in [0.25, 0.3) is 0 Å². The molecule has 0 aliphatic heterocycles. The summed E-state index contributed by atoms with van der Waals surface area (Å²) in [5, 5.41) is 12.4. The number of aromatic nitrogens is 2. The van der Waals surface area contributed by atoms with E-state index in [1.807, 2.05) is 13.0 Å². The van der Waals surface area contributed by atoms with E-state index in [2.05, 4.69) is 15.3 Å². The number of hydrogen-bond donors (Lipinski definition) is 2. The Kier molecular flexibility index (Phi) is 7.61. The van der Waals surface area contributed by atoms with E-state index in [0.29, 0.717) is 22.4 Å². The van der Waals surface area contributed by atoms with Gasteiger partial charge in [0.15, 0.2) is 5.16 Å². The zero-order valence-electron chi connectivity index (χ0n) is 15.4. The molecular formula is C18H19ClN6O2S. The largest absolute Gasteiger partial charge is 0.382 e. The number of rotatable bonds is 7. The SMILES string of the molecule is CCN(CC(=O)Nc1cc(Cl)ccc1C)C(=O)CSc1ncc(C#N)c(N)n1. The predicted octanol–water partition coefficient (Wildman–Crippen LogP) is 2.47. The van der Waals surface area contributed by atoms with E-state index in [9.17, 15) is 9.59 Å². The monoisotopic (exact) mass is 418 g/mol. The molecule has 0 bridgehead atoms. The van der Waals surface area contributed by atoms with Gasteiger partial charge in [0, 0.05) is 17.3 Å². The summed E-state index contributed by atoms with van der Waals surface area (Å²) in [6.45, 7) is 3.93. The van der Waals surface area contributed by atoms with Gasteiger partial charge >= 0.3 is 0 Å². The molecule has 0 unspecified atom stereocenters. The van der Waals surface area contributed by atoms with Crippen LogP contribution in [0.15, 0.2) is 29.6 Å². The van der Waals surface area contributed by atoms with Crippen molar-refractivity contribution in [3.63, 3.8) is 0 Å². The summed E-state index contributed by atoms with van der Waals surface area (Å²) in [5.41, 5.74) is 7.30. The maximum absolute atomic E-state index is 12.4. The zero-order valence-corrected chi connectivity index (χ0v) is 17.0. The van der Waals surface area contributed by atoms with Gasteiger partial charge in [-0.2, -0.15) is 5.26 Å². The molecule has 2 rings (SSSR count). The van der Waals surface area contributed by atoms with Crippen molar-refractivity contribution < 1.29 is 9.59 Å². The first kappa shape index (κ1) is 21.5. The molecule has 0 aliphatic carbocycles. The number of hydrogen-bond acceptors (Lipinski definition) is 7. The lowest BCUT2D eigenvalue weighted by atomic mass is 10.2. The van der Waals surface area contributed by atoms with Crippen LogP contribution in [0.1, 0.15) is 18.1 Å². The number of amides is 2. The highest BCUT2D eigenvalue weighted by molar-refractivity contribution is 7.99. The van der Waals surface area contributed by atoms with Crippen molar-refractivity contribution in [1.29, 1.82) is 5.26 Å². The van der Waals surface area contributed by atoms with Gasteiger partial charge < -0.3 is 16.0 Å². The Bertz CT molecular complexity index is 931. The molecule has 1 heterocycles. The minimum absolute atomic E-state index is 0.0443.